The lowest BCUT2D eigenvalue weighted by Crippen LogP contribution is -2.04. The van der Waals surface area contributed by atoms with Crippen molar-refractivity contribution in [2.45, 2.75) is 11.8 Å². The van der Waals surface area contributed by atoms with Gasteiger partial charge in [-0.15, -0.1) is 4.99 Å². The lowest BCUT2D eigenvalue weighted by molar-refractivity contribution is -0.383. The van der Waals surface area contributed by atoms with Gasteiger partial charge >= 0.3 is 0 Å². The molecule has 0 aliphatic heterocycles. The maximum absolute atomic E-state index is 13.9. The molecular formula is C13H12FN3O7S. The van der Waals surface area contributed by atoms with Crippen LogP contribution in [0.5, 0.6) is 0 Å². The summed E-state index contributed by atoms with van der Waals surface area (Å²) in [7, 11) is -4.41. The zero-order chi connectivity index (χ0) is 18.8. The van der Waals surface area contributed by atoms with Crippen LogP contribution in [0.3, 0.4) is 0 Å². The Bertz CT molecular complexity index is 933. The van der Waals surface area contributed by atoms with Crippen molar-refractivity contribution in [2.24, 2.45) is 0 Å². The van der Waals surface area contributed by atoms with Crippen molar-refractivity contribution in [3.8, 4) is 0 Å². The monoisotopic (exact) mass is 373 g/mol. The van der Waals surface area contributed by atoms with Crippen molar-refractivity contribution >= 4 is 32.9 Å². The Balaban J connectivity index is 2.45. The molecule has 0 bridgehead atoms. The molecule has 2 aromatic carbocycles. The first kappa shape index (κ1) is 18.5. The number of hydrogen-bond donors (Lipinski definition) is 4. The molecule has 12 heteroatoms. The second-order valence-electron chi connectivity index (χ2n) is 4.88. The summed E-state index contributed by atoms with van der Waals surface area (Å²) < 4.78 is 45.2. The van der Waals surface area contributed by atoms with Crippen molar-refractivity contribution in [3.05, 3.63) is 51.8 Å². The predicted molar refractivity (Wildman–Crippen MR) is 84.7 cm³/mol. The Kier molecular flexibility index (Phi) is 5.18. The number of benzene rings is 2. The number of nitro benzene ring substituents is 1. The van der Waals surface area contributed by atoms with Crippen LogP contribution in [-0.4, -0.2) is 23.2 Å². The molecule has 0 radical (unpaired) electrons. The summed E-state index contributed by atoms with van der Waals surface area (Å²) in [5.74, 6) is -0.951. The Morgan fingerprint density at radius 3 is 2.44 bits per heavy atom. The first-order valence-electron chi connectivity index (χ1n) is 6.53. The van der Waals surface area contributed by atoms with Gasteiger partial charge in [0.15, 0.2) is 5.82 Å². The Labute approximate surface area is 140 Å². The summed E-state index contributed by atoms with van der Waals surface area (Å²) >= 11 is 0. The molecule has 0 heterocycles. The SMILES string of the molecule is Cc1cc(Nc2cc(F)c(NOO)cc2[N+](=O)[O-])ccc1S(=O)(=O)O. The third kappa shape index (κ3) is 4.19. The van der Waals surface area contributed by atoms with Gasteiger partial charge in [0.1, 0.15) is 11.4 Å². The van der Waals surface area contributed by atoms with E-state index < -0.39 is 32.2 Å². The molecule has 2 rings (SSSR count). The number of hydrogen-bond acceptors (Lipinski definition) is 8. The van der Waals surface area contributed by atoms with Crippen molar-refractivity contribution in [3.63, 3.8) is 0 Å². The van der Waals surface area contributed by atoms with Crippen LogP contribution in [0.15, 0.2) is 35.2 Å². The van der Waals surface area contributed by atoms with Crippen LogP contribution < -0.4 is 10.8 Å². The van der Waals surface area contributed by atoms with Crippen LogP contribution in [0.4, 0.5) is 27.1 Å². The fourth-order valence-corrected chi connectivity index (χ4v) is 2.82. The fraction of sp³-hybridized carbons (Fsp3) is 0.0769. The number of anilines is 3. The van der Waals surface area contributed by atoms with Crippen LogP contribution in [0.1, 0.15) is 5.56 Å². The lowest BCUT2D eigenvalue weighted by Gasteiger charge is -2.11. The van der Waals surface area contributed by atoms with Gasteiger partial charge in [0.2, 0.25) is 0 Å². The first-order chi connectivity index (χ1) is 11.6. The molecule has 10 nitrogen and oxygen atoms in total. The second kappa shape index (κ2) is 6.98. The Hall–Kier alpha value is -2.80. The number of halogens is 1. The Morgan fingerprint density at radius 1 is 1.24 bits per heavy atom. The molecule has 2 aromatic rings. The zero-order valence-electron chi connectivity index (χ0n) is 12.6. The summed E-state index contributed by atoms with van der Waals surface area (Å²) in [5, 5.41) is 22.0. The molecule has 0 fully saturated rings. The molecule has 0 amide bonds. The average Bonchev–Trinajstić information content (AvgIpc) is 2.48. The van der Waals surface area contributed by atoms with Gasteiger partial charge in [-0.05, 0) is 30.7 Å². The van der Waals surface area contributed by atoms with Crippen LogP contribution in [0, 0.1) is 22.9 Å². The number of nitro groups is 1. The molecule has 4 N–H and O–H groups in total. The van der Waals surface area contributed by atoms with Gasteiger partial charge < -0.3 is 5.32 Å². The van der Waals surface area contributed by atoms with E-state index in [4.69, 9.17) is 9.81 Å². The van der Waals surface area contributed by atoms with Crippen LogP contribution in [0.25, 0.3) is 0 Å². The van der Waals surface area contributed by atoms with Crippen molar-refractivity contribution < 1.29 is 32.5 Å². The van der Waals surface area contributed by atoms with Crippen molar-refractivity contribution in [2.75, 3.05) is 10.8 Å². The molecule has 134 valence electrons. The predicted octanol–water partition coefficient (Wildman–Crippen LogP) is 2.85. The van der Waals surface area contributed by atoms with E-state index in [1.54, 1.807) is 5.48 Å². The lowest BCUT2D eigenvalue weighted by atomic mass is 10.2. The average molecular weight is 373 g/mol. The second-order valence-corrected chi connectivity index (χ2v) is 6.27. The summed E-state index contributed by atoms with van der Waals surface area (Å²) in [5.41, 5.74) is 0.952. The molecule has 0 spiro atoms. The number of nitrogens with one attached hydrogen (secondary N) is 2. The highest BCUT2D eigenvalue weighted by Crippen LogP contribution is 2.33. The van der Waals surface area contributed by atoms with Gasteiger partial charge in [-0.2, -0.15) is 8.42 Å². The van der Waals surface area contributed by atoms with Gasteiger partial charge in [-0.1, -0.05) is 0 Å². The normalized spacial score (nSPS) is 11.2. The summed E-state index contributed by atoms with van der Waals surface area (Å²) in [6, 6.07) is 5.26. The minimum atomic E-state index is -4.41. The number of aryl methyl sites for hydroxylation is 1. The van der Waals surface area contributed by atoms with Gasteiger partial charge in [-0.25, -0.2) is 15.1 Å². The maximum Gasteiger partial charge on any atom is 0.295 e. The van der Waals surface area contributed by atoms with Crippen molar-refractivity contribution in [1.82, 2.24) is 0 Å². The molecule has 0 saturated heterocycles. The number of nitrogens with zero attached hydrogens (tertiary/aromatic N) is 1. The van der Waals surface area contributed by atoms with E-state index in [-0.39, 0.29) is 21.8 Å². The topological polar surface area (TPSA) is 151 Å². The minimum absolute atomic E-state index is 0.183. The van der Waals surface area contributed by atoms with Crippen LogP contribution in [0.2, 0.25) is 0 Å². The van der Waals surface area contributed by atoms with E-state index >= 15 is 0 Å². The van der Waals surface area contributed by atoms with Crippen LogP contribution >= 0.6 is 0 Å². The van der Waals surface area contributed by atoms with E-state index in [2.05, 4.69) is 10.3 Å². The van der Waals surface area contributed by atoms with Gasteiger partial charge in [0.25, 0.3) is 15.8 Å². The molecule has 25 heavy (non-hydrogen) atoms. The molecule has 0 aliphatic rings. The van der Waals surface area contributed by atoms with Gasteiger partial charge in [-0.3, -0.25) is 14.7 Å². The third-order valence-electron chi connectivity index (χ3n) is 3.17. The van der Waals surface area contributed by atoms with Gasteiger partial charge in [0.05, 0.1) is 9.82 Å². The number of rotatable bonds is 6. The molecule has 0 unspecified atom stereocenters. The fourth-order valence-electron chi connectivity index (χ4n) is 2.11. The van der Waals surface area contributed by atoms with E-state index in [0.717, 1.165) is 18.2 Å². The standard InChI is InChI=1S/C13H12FN3O7S/c1-7-4-8(2-3-13(7)25(21,22)23)15-11-5-9(14)10(16-24-20)6-12(11)17(18)19/h2-6,15-16,20H,1H3,(H,21,22,23). The molecule has 0 atom stereocenters. The summed E-state index contributed by atoms with van der Waals surface area (Å²) in [6.45, 7) is 1.41. The molecule has 0 aromatic heterocycles. The summed E-state index contributed by atoms with van der Waals surface area (Å²) in [6.07, 6.45) is 0. The largest absolute Gasteiger partial charge is 0.350 e. The smallest absolute Gasteiger partial charge is 0.295 e. The highest BCUT2D eigenvalue weighted by molar-refractivity contribution is 7.85. The first-order valence-corrected chi connectivity index (χ1v) is 7.97. The van der Waals surface area contributed by atoms with E-state index in [1.165, 1.54) is 19.1 Å². The third-order valence-corrected chi connectivity index (χ3v) is 4.18. The molecule has 0 saturated carbocycles. The quantitative estimate of drug-likeness (QED) is 0.259. The molecular weight excluding hydrogens is 361 g/mol. The maximum atomic E-state index is 13.9. The van der Waals surface area contributed by atoms with E-state index in [9.17, 15) is 22.9 Å². The zero-order valence-corrected chi connectivity index (χ0v) is 13.4. The molecule has 0 aliphatic carbocycles. The Morgan fingerprint density at radius 2 is 1.92 bits per heavy atom. The summed E-state index contributed by atoms with van der Waals surface area (Å²) in [4.78, 5) is 13.6. The van der Waals surface area contributed by atoms with Crippen molar-refractivity contribution in [1.29, 1.82) is 0 Å². The van der Waals surface area contributed by atoms with Crippen LogP contribution in [-0.2, 0) is 15.1 Å². The van der Waals surface area contributed by atoms with E-state index in [0.29, 0.717) is 0 Å². The van der Waals surface area contributed by atoms with E-state index in [1.807, 2.05) is 0 Å². The highest BCUT2D eigenvalue weighted by Gasteiger charge is 2.20. The highest BCUT2D eigenvalue weighted by atomic mass is 32.2. The van der Waals surface area contributed by atoms with Gasteiger partial charge in [0, 0.05) is 17.8 Å². The minimum Gasteiger partial charge on any atom is -0.350 e.